The van der Waals surface area contributed by atoms with Crippen LogP contribution in [0.3, 0.4) is 0 Å². The minimum absolute atomic E-state index is 0.127. The topological polar surface area (TPSA) is 75.7 Å². The summed E-state index contributed by atoms with van der Waals surface area (Å²) in [5.74, 6) is -0.806. The van der Waals surface area contributed by atoms with Crippen molar-refractivity contribution < 1.29 is 19.1 Å². The molecule has 1 saturated heterocycles. The molecule has 2 heterocycles. The average molecular weight is 366 g/mol. The molecule has 1 fully saturated rings. The monoisotopic (exact) mass is 366 g/mol. The van der Waals surface area contributed by atoms with E-state index >= 15 is 0 Å². The van der Waals surface area contributed by atoms with Crippen LogP contribution >= 0.6 is 11.3 Å². The van der Waals surface area contributed by atoms with E-state index in [4.69, 9.17) is 4.74 Å². The van der Waals surface area contributed by atoms with Gasteiger partial charge in [0, 0.05) is 6.04 Å². The van der Waals surface area contributed by atoms with E-state index in [-0.39, 0.29) is 30.4 Å². The lowest BCUT2D eigenvalue weighted by atomic mass is 10.0. The van der Waals surface area contributed by atoms with Crippen molar-refractivity contribution in [3.8, 4) is 0 Å². The highest BCUT2D eigenvalue weighted by Crippen LogP contribution is 2.34. The van der Waals surface area contributed by atoms with Crippen molar-refractivity contribution in [2.75, 3.05) is 25.0 Å². The Morgan fingerprint density at radius 3 is 2.64 bits per heavy atom. The number of amides is 1. The van der Waals surface area contributed by atoms with E-state index in [0.717, 1.165) is 30.7 Å². The molecule has 1 aromatic rings. The zero-order chi connectivity index (χ0) is 18.6. The lowest BCUT2D eigenvalue weighted by Gasteiger charge is -2.32. The van der Waals surface area contributed by atoms with Gasteiger partial charge < -0.3 is 10.1 Å². The van der Waals surface area contributed by atoms with Gasteiger partial charge in [-0.05, 0) is 52.6 Å². The summed E-state index contributed by atoms with van der Waals surface area (Å²) in [6, 6.07) is 0.377. The van der Waals surface area contributed by atoms with Crippen LogP contribution in [0.2, 0.25) is 0 Å². The van der Waals surface area contributed by atoms with Crippen molar-refractivity contribution in [2.24, 2.45) is 0 Å². The molecule has 0 unspecified atom stereocenters. The predicted molar refractivity (Wildman–Crippen MR) is 98.5 cm³/mol. The molecule has 1 aliphatic rings. The SMILES string of the molecule is CCOC(=O)c1c(NC(=O)CN2CCCC[C@@H]2C)sc(C(C)=O)c1C. The molecule has 1 aliphatic heterocycles. The first-order chi connectivity index (χ1) is 11.8. The summed E-state index contributed by atoms with van der Waals surface area (Å²) in [5, 5.41) is 3.22. The van der Waals surface area contributed by atoms with E-state index in [1.165, 1.54) is 13.3 Å². The van der Waals surface area contributed by atoms with Crippen LogP contribution in [0.5, 0.6) is 0 Å². The number of thiophene rings is 1. The molecular formula is C18H26N2O4S. The molecule has 0 spiro atoms. The maximum Gasteiger partial charge on any atom is 0.341 e. The molecule has 0 aromatic carbocycles. The minimum atomic E-state index is -0.509. The van der Waals surface area contributed by atoms with Crippen LogP contribution in [-0.4, -0.2) is 48.3 Å². The van der Waals surface area contributed by atoms with Gasteiger partial charge in [-0.2, -0.15) is 0 Å². The molecule has 0 aliphatic carbocycles. The number of ether oxygens (including phenoxy) is 1. The van der Waals surface area contributed by atoms with Crippen molar-refractivity contribution in [3.05, 3.63) is 16.0 Å². The molecule has 25 heavy (non-hydrogen) atoms. The highest BCUT2D eigenvalue weighted by Gasteiger charge is 2.26. The van der Waals surface area contributed by atoms with Crippen molar-refractivity contribution in [1.82, 2.24) is 4.90 Å². The zero-order valence-corrected chi connectivity index (χ0v) is 16.1. The van der Waals surface area contributed by atoms with Gasteiger partial charge in [0.05, 0.1) is 23.6 Å². The molecule has 138 valence electrons. The molecule has 2 rings (SSSR count). The number of rotatable bonds is 6. The predicted octanol–water partition coefficient (Wildman–Crippen LogP) is 3.25. The highest BCUT2D eigenvalue weighted by atomic mass is 32.1. The normalized spacial score (nSPS) is 18.0. The Balaban J connectivity index is 2.19. The van der Waals surface area contributed by atoms with E-state index < -0.39 is 5.97 Å². The van der Waals surface area contributed by atoms with Gasteiger partial charge in [-0.15, -0.1) is 11.3 Å². The van der Waals surface area contributed by atoms with Gasteiger partial charge in [-0.25, -0.2) is 4.79 Å². The molecule has 1 N–H and O–H groups in total. The van der Waals surface area contributed by atoms with Crippen LogP contribution in [0.25, 0.3) is 0 Å². The van der Waals surface area contributed by atoms with Gasteiger partial charge in [0.25, 0.3) is 0 Å². The Hall–Kier alpha value is -1.73. The number of carbonyl (C=O) groups excluding carboxylic acids is 3. The molecule has 0 radical (unpaired) electrons. The number of nitrogens with one attached hydrogen (secondary N) is 1. The Morgan fingerprint density at radius 2 is 2.04 bits per heavy atom. The Morgan fingerprint density at radius 1 is 1.32 bits per heavy atom. The Kier molecular flexibility index (Phi) is 6.72. The van der Waals surface area contributed by atoms with Gasteiger partial charge in [0.15, 0.2) is 5.78 Å². The van der Waals surface area contributed by atoms with E-state index in [1.807, 2.05) is 0 Å². The largest absolute Gasteiger partial charge is 0.462 e. The van der Waals surface area contributed by atoms with Gasteiger partial charge in [-0.1, -0.05) is 6.42 Å². The van der Waals surface area contributed by atoms with E-state index in [2.05, 4.69) is 17.1 Å². The Bertz CT molecular complexity index is 668. The van der Waals surface area contributed by atoms with Crippen LogP contribution in [0, 0.1) is 6.92 Å². The van der Waals surface area contributed by atoms with Gasteiger partial charge in [-0.3, -0.25) is 14.5 Å². The van der Waals surface area contributed by atoms with Gasteiger partial charge in [0.2, 0.25) is 5.91 Å². The first-order valence-corrected chi connectivity index (χ1v) is 9.52. The summed E-state index contributed by atoms with van der Waals surface area (Å²) in [5.41, 5.74) is 0.856. The summed E-state index contributed by atoms with van der Waals surface area (Å²) in [7, 11) is 0. The summed E-state index contributed by atoms with van der Waals surface area (Å²) < 4.78 is 5.09. The standard InChI is InChI=1S/C18H26N2O4S/c1-5-24-18(23)15-12(3)16(13(4)21)25-17(15)19-14(22)10-20-9-7-6-8-11(20)2/h11H,5-10H2,1-4H3,(H,19,22)/t11-/m0/s1. The number of esters is 1. The number of piperidine rings is 1. The number of carbonyl (C=O) groups is 3. The maximum absolute atomic E-state index is 12.5. The molecule has 0 bridgehead atoms. The van der Waals surface area contributed by atoms with Crippen LogP contribution in [0.4, 0.5) is 5.00 Å². The number of ketones is 1. The third-order valence-corrected chi connectivity index (χ3v) is 5.79. The summed E-state index contributed by atoms with van der Waals surface area (Å²) >= 11 is 1.14. The number of likely N-dealkylation sites (tertiary alicyclic amines) is 1. The number of hydrogen-bond donors (Lipinski definition) is 1. The molecule has 7 heteroatoms. The molecule has 1 amide bonds. The third kappa shape index (κ3) is 4.67. The number of Topliss-reactive ketones (excluding diaryl/α,β-unsaturated/α-hetero) is 1. The second-order valence-corrected chi connectivity index (χ2v) is 7.42. The summed E-state index contributed by atoms with van der Waals surface area (Å²) in [6.45, 7) is 8.44. The van der Waals surface area contributed by atoms with Crippen molar-refractivity contribution in [3.63, 3.8) is 0 Å². The van der Waals surface area contributed by atoms with Gasteiger partial charge >= 0.3 is 5.97 Å². The molecular weight excluding hydrogens is 340 g/mol. The van der Waals surface area contributed by atoms with Crippen molar-refractivity contribution in [1.29, 1.82) is 0 Å². The fourth-order valence-electron chi connectivity index (χ4n) is 3.13. The smallest absolute Gasteiger partial charge is 0.341 e. The Labute approximate surface area is 152 Å². The lowest BCUT2D eigenvalue weighted by Crippen LogP contribution is -2.42. The quantitative estimate of drug-likeness (QED) is 0.618. The summed E-state index contributed by atoms with van der Waals surface area (Å²) in [4.78, 5) is 39.1. The molecule has 0 saturated carbocycles. The van der Waals surface area contributed by atoms with Crippen molar-refractivity contribution >= 4 is 34.0 Å². The van der Waals surface area contributed by atoms with E-state index in [9.17, 15) is 14.4 Å². The molecule has 1 atom stereocenters. The first kappa shape index (κ1) is 19.6. The van der Waals surface area contributed by atoms with E-state index in [0.29, 0.717) is 21.5 Å². The second-order valence-electron chi connectivity index (χ2n) is 6.40. The fourth-order valence-corrected chi connectivity index (χ4v) is 4.24. The third-order valence-electron chi connectivity index (χ3n) is 4.49. The van der Waals surface area contributed by atoms with Crippen LogP contribution < -0.4 is 5.32 Å². The minimum Gasteiger partial charge on any atom is -0.462 e. The lowest BCUT2D eigenvalue weighted by molar-refractivity contribution is -0.118. The first-order valence-electron chi connectivity index (χ1n) is 8.70. The second kappa shape index (κ2) is 8.58. The molecule has 1 aromatic heterocycles. The maximum atomic E-state index is 12.5. The average Bonchev–Trinajstić information content (AvgIpc) is 2.86. The van der Waals surface area contributed by atoms with Crippen LogP contribution in [-0.2, 0) is 9.53 Å². The molecule has 6 nitrogen and oxygen atoms in total. The van der Waals surface area contributed by atoms with Crippen LogP contribution in [0.15, 0.2) is 0 Å². The van der Waals surface area contributed by atoms with Gasteiger partial charge in [0.1, 0.15) is 5.00 Å². The summed E-state index contributed by atoms with van der Waals surface area (Å²) in [6.07, 6.45) is 3.38. The number of anilines is 1. The van der Waals surface area contributed by atoms with Crippen LogP contribution in [0.1, 0.15) is 65.6 Å². The number of hydrogen-bond acceptors (Lipinski definition) is 6. The highest BCUT2D eigenvalue weighted by molar-refractivity contribution is 7.18. The zero-order valence-electron chi connectivity index (χ0n) is 15.3. The number of nitrogens with zero attached hydrogens (tertiary/aromatic N) is 1. The van der Waals surface area contributed by atoms with Crippen molar-refractivity contribution in [2.45, 2.75) is 53.0 Å². The van der Waals surface area contributed by atoms with E-state index in [1.54, 1.807) is 13.8 Å². The fraction of sp³-hybridized carbons (Fsp3) is 0.611.